The summed E-state index contributed by atoms with van der Waals surface area (Å²) in [6, 6.07) is 4.33. The second-order valence-corrected chi connectivity index (χ2v) is 5.08. The summed E-state index contributed by atoms with van der Waals surface area (Å²) >= 11 is 0. The summed E-state index contributed by atoms with van der Waals surface area (Å²) in [6.45, 7) is 5.56. The van der Waals surface area contributed by atoms with Gasteiger partial charge in [-0.2, -0.15) is 0 Å². The molecule has 0 aliphatic carbocycles. The van der Waals surface area contributed by atoms with Crippen molar-refractivity contribution < 1.29 is 0 Å². The molecule has 1 aliphatic heterocycles. The molecule has 3 nitrogen and oxygen atoms in total. The van der Waals surface area contributed by atoms with Gasteiger partial charge in [-0.05, 0) is 43.9 Å². The third-order valence-electron chi connectivity index (χ3n) is 3.53. The molecule has 2 rings (SSSR count). The second-order valence-electron chi connectivity index (χ2n) is 5.08. The van der Waals surface area contributed by atoms with Crippen molar-refractivity contribution >= 4 is 5.82 Å². The maximum Gasteiger partial charge on any atom is 0.128 e. The highest BCUT2D eigenvalue weighted by atomic mass is 15.2. The molecule has 0 spiro atoms. The van der Waals surface area contributed by atoms with E-state index in [4.69, 9.17) is 0 Å². The number of nitrogens with zero attached hydrogens (tertiary/aromatic N) is 2. The minimum atomic E-state index is 0.864. The molecule has 1 aromatic rings. The van der Waals surface area contributed by atoms with Gasteiger partial charge in [-0.25, -0.2) is 4.98 Å². The first kappa shape index (κ1) is 12.4. The second kappa shape index (κ2) is 6.01. The number of hydrogen-bond donors (Lipinski definition) is 1. The van der Waals surface area contributed by atoms with Crippen LogP contribution in [0.4, 0.5) is 5.82 Å². The van der Waals surface area contributed by atoms with Crippen LogP contribution in [0.2, 0.25) is 0 Å². The van der Waals surface area contributed by atoms with Crippen LogP contribution in [0.3, 0.4) is 0 Å². The average molecular weight is 233 g/mol. The van der Waals surface area contributed by atoms with Gasteiger partial charge >= 0.3 is 0 Å². The molecule has 3 heteroatoms. The van der Waals surface area contributed by atoms with Crippen LogP contribution < -0.4 is 10.2 Å². The van der Waals surface area contributed by atoms with Crippen LogP contribution in [0.25, 0.3) is 0 Å². The predicted octanol–water partition coefficient (Wildman–Crippen LogP) is 2.43. The molecule has 0 aromatic carbocycles. The van der Waals surface area contributed by atoms with Gasteiger partial charge in [0.25, 0.3) is 0 Å². The molecule has 2 heterocycles. The third kappa shape index (κ3) is 3.43. The van der Waals surface area contributed by atoms with Crippen LogP contribution in [-0.4, -0.2) is 25.1 Å². The van der Waals surface area contributed by atoms with Crippen molar-refractivity contribution in [1.82, 2.24) is 10.3 Å². The van der Waals surface area contributed by atoms with Gasteiger partial charge in [-0.3, -0.25) is 0 Å². The van der Waals surface area contributed by atoms with E-state index in [2.05, 4.69) is 34.3 Å². The van der Waals surface area contributed by atoms with Gasteiger partial charge in [0.05, 0.1) is 0 Å². The fourth-order valence-corrected chi connectivity index (χ4v) is 2.40. The SMILES string of the molecule is CNCc1ccc(N2CCCC(C)CC2)nc1. The number of pyridine rings is 1. The summed E-state index contributed by atoms with van der Waals surface area (Å²) in [4.78, 5) is 7.00. The molecule has 1 N–H and O–H groups in total. The standard InChI is InChI=1S/C14H23N3/c1-12-4-3-8-17(9-7-12)14-6-5-13(10-15-2)11-16-14/h5-6,11-12,15H,3-4,7-10H2,1-2H3. The normalized spacial score (nSPS) is 21.3. The molecule has 1 saturated heterocycles. The van der Waals surface area contributed by atoms with Crippen molar-refractivity contribution in [2.75, 3.05) is 25.0 Å². The average Bonchev–Trinajstić information content (AvgIpc) is 2.56. The maximum atomic E-state index is 4.57. The van der Waals surface area contributed by atoms with E-state index in [0.717, 1.165) is 31.4 Å². The van der Waals surface area contributed by atoms with E-state index in [1.54, 1.807) is 0 Å². The quantitative estimate of drug-likeness (QED) is 0.869. The molecule has 1 atom stereocenters. The van der Waals surface area contributed by atoms with Gasteiger partial charge in [-0.1, -0.05) is 13.0 Å². The summed E-state index contributed by atoms with van der Waals surface area (Å²) in [6.07, 6.45) is 5.93. The number of nitrogens with one attached hydrogen (secondary N) is 1. The summed E-state index contributed by atoms with van der Waals surface area (Å²) in [7, 11) is 1.96. The Bertz CT molecular complexity index is 334. The van der Waals surface area contributed by atoms with E-state index < -0.39 is 0 Å². The number of anilines is 1. The van der Waals surface area contributed by atoms with Crippen molar-refractivity contribution in [3.8, 4) is 0 Å². The smallest absolute Gasteiger partial charge is 0.128 e. The maximum absolute atomic E-state index is 4.57. The Labute approximate surface area is 104 Å². The molecule has 1 aliphatic rings. The molecule has 1 fully saturated rings. The summed E-state index contributed by atoms with van der Waals surface area (Å²) in [5.41, 5.74) is 1.25. The van der Waals surface area contributed by atoms with Gasteiger partial charge in [0.1, 0.15) is 5.82 Å². The lowest BCUT2D eigenvalue weighted by molar-refractivity contribution is 0.521. The van der Waals surface area contributed by atoms with Crippen molar-refractivity contribution in [3.63, 3.8) is 0 Å². The Morgan fingerprint density at radius 1 is 1.35 bits per heavy atom. The molecule has 17 heavy (non-hydrogen) atoms. The zero-order chi connectivity index (χ0) is 12.1. The minimum Gasteiger partial charge on any atom is -0.357 e. The molecule has 1 unspecified atom stereocenters. The summed E-state index contributed by atoms with van der Waals surface area (Å²) in [5.74, 6) is 2.00. The molecule has 0 radical (unpaired) electrons. The lowest BCUT2D eigenvalue weighted by Gasteiger charge is -2.21. The van der Waals surface area contributed by atoms with Crippen LogP contribution in [0, 0.1) is 5.92 Å². The highest BCUT2D eigenvalue weighted by molar-refractivity contribution is 5.39. The Balaban J connectivity index is 2.00. The molecule has 94 valence electrons. The van der Waals surface area contributed by atoms with E-state index in [1.165, 1.54) is 24.8 Å². The van der Waals surface area contributed by atoms with Gasteiger partial charge < -0.3 is 10.2 Å². The van der Waals surface area contributed by atoms with Crippen LogP contribution in [0.1, 0.15) is 31.7 Å². The number of rotatable bonds is 3. The first-order valence-electron chi connectivity index (χ1n) is 6.64. The third-order valence-corrected chi connectivity index (χ3v) is 3.53. The van der Waals surface area contributed by atoms with Crippen molar-refractivity contribution in [3.05, 3.63) is 23.9 Å². The predicted molar refractivity (Wildman–Crippen MR) is 72.2 cm³/mol. The topological polar surface area (TPSA) is 28.2 Å². The van der Waals surface area contributed by atoms with Gasteiger partial charge in [0.15, 0.2) is 0 Å². The Morgan fingerprint density at radius 3 is 2.94 bits per heavy atom. The lowest BCUT2D eigenvalue weighted by atomic mass is 10.0. The van der Waals surface area contributed by atoms with E-state index in [1.807, 2.05) is 13.2 Å². The van der Waals surface area contributed by atoms with Crippen LogP contribution >= 0.6 is 0 Å². The molecule has 0 bridgehead atoms. The minimum absolute atomic E-state index is 0.864. The molecule has 1 aromatic heterocycles. The van der Waals surface area contributed by atoms with Gasteiger partial charge in [-0.15, -0.1) is 0 Å². The first-order valence-corrected chi connectivity index (χ1v) is 6.64. The zero-order valence-electron chi connectivity index (χ0n) is 10.9. The molecular formula is C14H23N3. The van der Waals surface area contributed by atoms with Crippen LogP contribution in [-0.2, 0) is 6.54 Å². The zero-order valence-corrected chi connectivity index (χ0v) is 10.9. The molecular weight excluding hydrogens is 210 g/mol. The van der Waals surface area contributed by atoms with Crippen LogP contribution in [0.15, 0.2) is 18.3 Å². The summed E-state index contributed by atoms with van der Waals surface area (Å²) < 4.78 is 0. The van der Waals surface area contributed by atoms with E-state index in [-0.39, 0.29) is 0 Å². The Hall–Kier alpha value is -1.09. The van der Waals surface area contributed by atoms with Crippen molar-refractivity contribution in [1.29, 1.82) is 0 Å². The van der Waals surface area contributed by atoms with E-state index in [0.29, 0.717) is 0 Å². The Kier molecular flexibility index (Phi) is 4.37. The Morgan fingerprint density at radius 2 is 2.24 bits per heavy atom. The molecule has 0 saturated carbocycles. The largest absolute Gasteiger partial charge is 0.357 e. The molecule has 0 amide bonds. The van der Waals surface area contributed by atoms with E-state index >= 15 is 0 Å². The highest BCUT2D eigenvalue weighted by Gasteiger charge is 2.14. The van der Waals surface area contributed by atoms with Crippen molar-refractivity contribution in [2.24, 2.45) is 5.92 Å². The fourth-order valence-electron chi connectivity index (χ4n) is 2.40. The fraction of sp³-hybridized carbons (Fsp3) is 0.643. The van der Waals surface area contributed by atoms with Gasteiger partial charge in [0, 0.05) is 25.8 Å². The van der Waals surface area contributed by atoms with Crippen molar-refractivity contribution in [2.45, 2.75) is 32.7 Å². The summed E-state index contributed by atoms with van der Waals surface area (Å²) in [5, 5.41) is 3.15. The number of aromatic nitrogens is 1. The lowest BCUT2D eigenvalue weighted by Crippen LogP contribution is -2.25. The number of hydrogen-bond acceptors (Lipinski definition) is 3. The van der Waals surface area contributed by atoms with Gasteiger partial charge in [0.2, 0.25) is 0 Å². The highest BCUT2D eigenvalue weighted by Crippen LogP contribution is 2.20. The van der Waals surface area contributed by atoms with E-state index in [9.17, 15) is 0 Å². The van der Waals surface area contributed by atoms with Crippen LogP contribution in [0.5, 0.6) is 0 Å². The monoisotopic (exact) mass is 233 g/mol. The first-order chi connectivity index (χ1) is 8.29.